The highest BCUT2D eigenvalue weighted by Crippen LogP contribution is 2.42. The third-order valence-corrected chi connectivity index (χ3v) is 5.64. The predicted octanol–water partition coefficient (Wildman–Crippen LogP) is 5.44. The van der Waals surface area contributed by atoms with Gasteiger partial charge in [-0.2, -0.15) is 0 Å². The van der Waals surface area contributed by atoms with Crippen molar-refractivity contribution in [2.24, 2.45) is 0 Å². The molecule has 0 saturated heterocycles. The van der Waals surface area contributed by atoms with Crippen molar-refractivity contribution in [3.63, 3.8) is 0 Å². The first kappa shape index (κ1) is 18.5. The van der Waals surface area contributed by atoms with Crippen LogP contribution in [-0.4, -0.2) is 18.8 Å². The van der Waals surface area contributed by atoms with E-state index in [1.807, 2.05) is 0 Å². The molecule has 3 aromatic rings. The molecule has 0 radical (unpaired) electrons. The van der Waals surface area contributed by atoms with Gasteiger partial charge in [0.15, 0.2) is 0 Å². The number of ether oxygens (including phenoxy) is 1. The highest BCUT2D eigenvalue weighted by molar-refractivity contribution is 6.01. The molecule has 0 aromatic heterocycles. The molecule has 0 spiro atoms. The van der Waals surface area contributed by atoms with Crippen LogP contribution in [0.4, 0.5) is 0 Å². The SMILES string of the molecule is COc1ccc2c(c1)CCC(c1ccccc1C)=C2c1ccc(CCO)cc1. The van der Waals surface area contributed by atoms with Gasteiger partial charge in [-0.3, -0.25) is 0 Å². The fraction of sp³-hybridized carbons (Fsp3) is 0.231. The average molecular weight is 370 g/mol. The van der Waals surface area contributed by atoms with E-state index in [1.165, 1.54) is 39.0 Å². The van der Waals surface area contributed by atoms with Crippen LogP contribution in [0.2, 0.25) is 0 Å². The molecule has 28 heavy (non-hydrogen) atoms. The van der Waals surface area contributed by atoms with Crippen molar-refractivity contribution in [1.29, 1.82) is 0 Å². The summed E-state index contributed by atoms with van der Waals surface area (Å²) in [6.07, 6.45) is 2.72. The lowest BCUT2D eigenvalue weighted by Crippen LogP contribution is -2.07. The minimum Gasteiger partial charge on any atom is -0.497 e. The lowest BCUT2D eigenvalue weighted by molar-refractivity contribution is 0.299. The smallest absolute Gasteiger partial charge is 0.119 e. The number of rotatable bonds is 5. The molecule has 0 bridgehead atoms. The maximum atomic E-state index is 9.22. The standard InChI is InChI=1S/C26H26O2/c1-18-5-3-4-6-23(18)25-13-11-21-17-22(28-2)12-14-24(21)26(25)20-9-7-19(8-10-20)15-16-27/h3-10,12,14,17,27H,11,13,15-16H2,1-2H3. The minimum atomic E-state index is 0.180. The Bertz CT molecular complexity index is 1010. The number of fused-ring (bicyclic) bond motifs is 1. The summed E-state index contributed by atoms with van der Waals surface area (Å²) in [5.74, 6) is 0.913. The van der Waals surface area contributed by atoms with Crippen LogP contribution in [0.15, 0.2) is 66.7 Å². The third-order valence-electron chi connectivity index (χ3n) is 5.64. The molecular weight excluding hydrogens is 344 g/mol. The maximum absolute atomic E-state index is 9.22. The summed E-state index contributed by atoms with van der Waals surface area (Å²) in [6.45, 7) is 2.37. The predicted molar refractivity (Wildman–Crippen MR) is 116 cm³/mol. The second-order valence-corrected chi connectivity index (χ2v) is 7.36. The molecule has 0 amide bonds. The fourth-order valence-electron chi connectivity index (χ4n) is 4.17. The quantitative estimate of drug-likeness (QED) is 0.648. The zero-order chi connectivity index (χ0) is 19.5. The zero-order valence-corrected chi connectivity index (χ0v) is 16.5. The van der Waals surface area contributed by atoms with Crippen LogP contribution < -0.4 is 4.74 Å². The number of aliphatic hydroxyl groups is 1. The Morgan fingerprint density at radius 2 is 1.68 bits per heavy atom. The number of aryl methyl sites for hydroxylation is 2. The van der Waals surface area contributed by atoms with Gasteiger partial charge in [0.05, 0.1) is 7.11 Å². The summed E-state index contributed by atoms with van der Waals surface area (Å²) in [6, 6.07) is 23.7. The van der Waals surface area contributed by atoms with Crippen molar-refractivity contribution in [1.82, 2.24) is 0 Å². The largest absolute Gasteiger partial charge is 0.497 e. The van der Waals surface area contributed by atoms with Crippen LogP contribution in [0.3, 0.4) is 0 Å². The van der Waals surface area contributed by atoms with E-state index in [9.17, 15) is 5.11 Å². The van der Waals surface area contributed by atoms with E-state index < -0.39 is 0 Å². The van der Waals surface area contributed by atoms with E-state index in [0.717, 1.165) is 24.2 Å². The van der Waals surface area contributed by atoms with E-state index >= 15 is 0 Å². The first-order valence-corrected chi connectivity index (χ1v) is 9.88. The van der Waals surface area contributed by atoms with Crippen molar-refractivity contribution >= 4 is 11.1 Å². The molecule has 0 aliphatic heterocycles. The summed E-state index contributed by atoms with van der Waals surface area (Å²) in [7, 11) is 1.72. The number of methoxy groups -OCH3 is 1. The molecule has 0 heterocycles. The van der Waals surface area contributed by atoms with E-state index in [1.54, 1.807) is 7.11 Å². The van der Waals surface area contributed by atoms with E-state index in [2.05, 4.69) is 73.7 Å². The molecule has 0 saturated carbocycles. The van der Waals surface area contributed by atoms with Crippen molar-refractivity contribution in [2.45, 2.75) is 26.2 Å². The topological polar surface area (TPSA) is 29.5 Å². The first-order chi connectivity index (χ1) is 13.7. The summed E-state index contributed by atoms with van der Waals surface area (Å²) >= 11 is 0. The summed E-state index contributed by atoms with van der Waals surface area (Å²) in [4.78, 5) is 0. The fourth-order valence-corrected chi connectivity index (χ4v) is 4.17. The van der Waals surface area contributed by atoms with E-state index in [0.29, 0.717) is 6.42 Å². The van der Waals surface area contributed by atoms with E-state index in [-0.39, 0.29) is 6.61 Å². The molecule has 4 rings (SSSR count). The first-order valence-electron chi connectivity index (χ1n) is 9.88. The molecule has 1 N–H and O–H groups in total. The third kappa shape index (κ3) is 3.48. The minimum absolute atomic E-state index is 0.180. The van der Waals surface area contributed by atoms with Gasteiger partial charge in [0.1, 0.15) is 5.75 Å². The Balaban J connectivity index is 1.92. The summed E-state index contributed by atoms with van der Waals surface area (Å²) in [5, 5.41) is 9.22. The van der Waals surface area contributed by atoms with Gasteiger partial charge in [-0.05, 0) is 82.8 Å². The molecule has 2 heteroatoms. The zero-order valence-electron chi connectivity index (χ0n) is 16.5. The van der Waals surface area contributed by atoms with Crippen LogP contribution >= 0.6 is 0 Å². The molecule has 2 nitrogen and oxygen atoms in total. The van der Waals surface area contributed by atoms with Gasteiger partial charge in [0.25, 0.3) is 0 Å². The molecule has 0 fully saturated rings. The Kier molecular flexibility index (Phi) is 5.31. The monoisotopic (exact) mass is 370 g/mol. The van der Waals surface area contributed by atoms with Crippen molar-refractivity contribution in [3.05, 3.63) is 100 Å². The summed E-state index contributed by atoms with van der Waals surface area (Å²) in [5.41, 5.74) is 10.4. The van der Waals surface area contributed by atoms with Gasteiger partial charge >= 0.3 is 0 Å². The Morgan fingerprint density at radius 3 is 2.39 bits per heavy atom. The van der Waals surface area contributed by atoms with Crippen LogP contribution in [0, 0.1) is 6.92 Å². The lowest BCUT2D eigenvalue weighted by Gasteiger charge is -2.26. The Morgan fingerprint density at radius 1 is 0.893 bits per heavy atom. The second kappa shape index (κ2) is 8.04. The van der Waals surface area contributed by atoms with Gasteiger partial charge in [-0.1, -0.05) is 54.6 Å². The van der Waals surface area contributed by atoms with Gasteiger partial charge < -0.3 is 9.84 Å². The maximum Gasteiger partial charge on any atom is 0.119 e. The highest BCUT2D eigenvalue weighted by Gasteiger charge is 2.22. The number of hydrogen-bond acceptors (Lipinski definition) is 2. The van der Waals surface area contributed by atoms with Gasteiger partial charge in [0.2, 0.25) is 0 Å². The van der Waals surface area contributed by atoms with E-state index in [4.69, 9.17) is 4.74 Å². The second-order valence-electron chi connectivity index (χ2n) is 7.36. The average Bonchev–Trinajstić information content (AvgIpc) is 2.74. The summed E-state index contributed by atoms with van der Waals surface area (Å²) < 4.78 is 5.45. The number of benzene rings is 3. The number of allylic oxidation sites excluding steroid dienone is 1. The van der Waals surface area contributed by atoms with Gasteiger partial charge in [0, 0.05) is 6.61 Å². The van der Waals surface area contributed by atoms with Crippen molar-refractivity contribution in [2.75, 3.05) is 13.7 Å². The van der Waals surface area contributed by atoms with Gasteiger partial charge in [-0.15, -0.1) is 0 Å². The van der Waals surface area contributed by atoms with Crippen LogP contribution in [-0.2, 0) is 12.8 Å². The Hall–Kier alpha value is -2.84. The molecule has 0 unspecified atom stereocenters. The molecule has 142 valence electrons. The number of hydrogen-bond donors (Lipinski definition) is 1. The highest BCUT2D eigenvalue weighted by atomic mass is 16.5. The molecular formula is C26H26O2. The molecule has 1 aliphatic carbocycles. The lowest BCUT2D eigenvalue weighted by atomic mass is 9.78. The normalized spacial score (nSPS) is 13.4. The molecule has 0 atom stereocenters. The van der Waals surface area contributed by atoms with Crippen LogP contribution in [0.1, 0.15) is 39.8 Å². The molecule has 3 aromatic carbocycles. The van der Waals surface area contributed by atoms with Crippen molar-refractivity contribution in [3.8, 4) is 5.75 Å². The van der Waals surface area contributed by atoms with Crippen LogP contribution in [0.5, 0.6) is 5.75 Å². The Labute approximate surface area is 167 Å². The van der Waals surface area contributed by atoms with Crippen molar-refractivity contribution < 1.29 is 9.84 Å². The number of aliphatic hydroxyl groups excluding tert-OH is 1. The molecule has 1 aliphatic rings. The van der Waals surface area contributed by atoms with Gasteiger partial charge in [-0.25, -0.2) is 0 Å². The van der Waals surface area contributed by atoms with Crippen LogP contribution in [0.25, 0.3) is 11.1 Å².